The van der Waals surface area contributed by atoms with Crippen molar-refractivity contribution in [1.29, 1.82) is 0 Å². The van der Waals surface area contributed by atoms with Gasteiger partial charge in [-0.05, 0) is 54.3 Å². The van der Waals surface area contributed by atoms with Crippen molar-refractivity contribution in [3.8, 4) is 0 Å². The zero-order valence-electron chi connectivity index (χ0n) is 13.9. The molecule has 1 rings (SSSR count). The number of rotatable bonds is 6. The summed E-state index contributed by atoms with van der Waals surface area (Å²) in [7, 11) is 0. The lowest BCUT2D eigenvalue weighted by molar-refractivity contribution is 0.122. The van der Waals surface area contributed by atoms with Crippen LogP contribution in [0.1, 0.15) is 74.1 Å². The molecule has 1 fully saturated rings. The molecule has 0 aromatic carbocycles. The zero-order chi connectivity index (χ0) is 13.9. The summed E-state index contributed by atoms with van der Waals surface area (Å²) in [6.07, 6.45) is 5.79. The van der Waals surface area contributed by atoms with Crippen LogP contribution in [0.5, 0.6) is 0 Å². The first kappa shape index (κ1) is 16.1. The maximum atomic E-state index is 2.53. The van der Waals surface area contributed by atoms with Gasteiger partial charge in [-0.15, -0.1) is 0 Å². The van der Waals surface area contributed by atoms with E-state index in [-0.39, 0.29) is 0 Å². The molecule has 0 N–H and O–H groups in total. The van der Waals surface area contributed by atoms with Crippen molar-refractivity contribution < 1.29 is 0 Å². The van der Waals surface area contributed by atoms with Crippen LogP contribution in [0.2, 0.25) is 0 Å². The molecule has 0 aromatic heterocycles. The third kappa shape index (κ3) is 3.75. The van der Waals surface area contributed by atoms with Gasteiger partial charge in [0.1, 0.15) is 0 Å². The molecule has 0 aromatic rings. The fourth-order valence-corrected chi connectivity index (χ4v) is 4.26. The topological polar surface area (TPSA) is 0 Å². The Labute approximate surface area is 116 Å². The predicted octanol–water partition coefficient (Wildman–Crippen LogP) is 6.01. The van der Waals surface area contributed by atoms with Crippen LogP contribution in [0, 0.1) is 41.4 Å². The summed E-state index contributed by atoms with van der Waals surface area (Å²) >= 11 is 0. The lowest BCUT2D eigenvalue weighted by Crippen LogP contribution is -2.30. The van der Waals surface area contributed by atoms with Crippen LogP contribution >= 0.6 is 0 Å². The van der Waals surface area contributed by atoms with Gasteiger partial charge >= 0.3 is 0 Å². The molecule has 108 valence electrons. The highest BCUT2D eigenvalue weighted by atomic mass is 14.4. The van der Waals surface area contributed by atoms with Crippen LogP contribution in [-0.4, -0.2) is 0 Å². The summed E-state index contributed by atoms with van der Waals surface area (Å²) < 4.78 is 0. The van der Waals surface area contributed by atoms with E-state index in [1.54, 1.807) is 0 Å². The minimum atomic E-state index is 0.826. The monoisotopic (exact) mass is 252 g/mol. The molecule has 18 heavy (non-hydrogen) atoms. The van der Waals surface area contributed by atoms with E-state index in [0.29, 0.717) is 0 Å². The Kier molecular flexibility index (Phi) is 6.21. The largest absolute Gasteiger partial charge is 0.0651 e. The van der Waals surface area contributed by atoms with Crippen molar-refractivity contribution in [2.75, 3.05) is 0 Å². The van der Waals surface area contributed by atoms with Crippen LogP contribution in [0.25, 0.3) is 0 Å². The van der Waals surface area contributed by atoms with Crippen molar-refractivity contribution in [2.24, 2.45) is 41.4 Å². The Bertz CT molecular complexity index is 230. The van der Waals surface area contributed by atoms with Gasteiger partial charge in [-0.3, -0.25) is 0 Å². The molecule has 6 unspecified atom stereocenters. The number of hydrogen-bond donors (Lipinski definition) is 0. The summed E-state index contributed by atoms with van der Waals surface area (Å²) in [6, 6.07) is 0. The molecule has 0 nitrogen and oxygen atoms in total. The van der Waals surface area contributed by atoms with Crippen molar-refractivity contribution in [3.05, 3.63) is 0 Å². The highest BCUT2D eigenvalue weighted by molar-refractivity contribution is 4.83. The average Bonchev–Trinajstić information content (AvgIpc) is 2.75. The molecule has 0 aliphatic heterocycles. The lowest BCUT2D eigenvalue weighted by atomic mass is 9.69. The molecule has 1 aliphatic rings. The van der Waals surface area contributed by atoms with E-state index >= 15 is 0 Å². The molecule has 0 amide bonds. The predicted molar refractivity (Wildman–Crippen MR) is 82.6 cm³/mol. The molecule has 0 radical (unpaired) electrons. The first-order valence-corrected chi connectivity index (χ1v) is 8.38. The first-order valence-electron chi connectivity index (χ1n) is 8.38. The minimum Gasteiger partial charge on any atom is -0.0651 e. The molecular formula is C18H36. The van der Waals surface area contributed by atoms with E-state index in [1.165, 1.54) is 25.7 Å². The van der Waals surface area contributed by atoms with Crippen molar-refractivity contribution in [2.45, 2.75) is 74.1 Å². The first-order chi connectivity index (χ1) is 8.38. The van der Waals surface area contributed by atoms with Crippen LogP contribution < -0.4 is 0 Å². The lowest BCUT2D eigenvalue weighted by Gasteiger charge is -2.37. The molecule has 1 aliphatic carbocycles. The fraction of sp³-hybridized carbons (Fsp3) is 1.00. The summed E-state index contributed by atoms with van der Waals surface area (Å²) in [4.78, 5) is 0. The van der Waals surface area contributed by atoms with Crippen molar-refractivity contribution >= 4 is 0 Å². The number of hydrogen-bond acceptors (Lipinski definition) is 0. The van der Waals surface area contributed by atoms with Gasteiger partial charge in [-0.1, -0.05) is 61.3 Å². The second-order valence-corrected chi connectivity index (χ2v) is 7.57. The summed E-state index contributed by atoms with van der Waals surface area (Å²) in [6.45, 7) is 17.1. The van der Waals surface area contributed by atoms with Gasteiger partial charge in [0.2, 0.25) is 0 Å². The van der Waals surface area contributed by atoms with E-state index in [2.05, 4.69) is 48.5 Å². The van der Waals surface area contributed by atoms with Gasteiger partial charge in [0, 0.05) is 0 Å². The standard InChI is InChI=1S/C18H36/c1-8-18(14(5)12(2)3)16(7)15(6)17-10-9-13(4)11-17/h12-18H,8-11H2,1-7H3. The Balaban J connectivity index is 2.62. The van der Waals surface area contributed by atoms with E-state index in [0.717, 1.165) is 41.4 Å². The maximum Gasteiger partial charge on any atom is -0.0360 e. The van der Waals surface area contributed by atoms with Gasteiger partial charge in [0.25, 0.3) is 0 Å². The van der Waals surface area contributed by atoms with E-state index in [4.69, 9.17) is 0 Å². The van der Waals surface area contributed by atoms with E-state index in [9.17, 15) is 0 Å². The third-order valence-corrected chi connectivity index (χ3v) is 6.18. The summed E-state index contributed by atoms with van der Waals surface area (Å²) in [5, 5.41) is 0. The maximum absolute atomic E-state index is 2.53. The Morgan fingerprint density at radius 3 is 1.94 bits per heavy atom. The quantitative estimate of drug-likeness (QED) is 0.543. The molecule has 0 heteroatoms. The van der Waals surface area contributed by atoms with Crippen LogP contribution in [0.3, 0.4) is 0 Å². The van der Waals surface area contributed by atoms with Gasteiger partial charge in [-0.25, -0.2) is 0 Å². The SMILES string of the molecule is CCC(C(C)C(C)C)C(C)C(C)C1CCC(C)C1. The molecule has 0 heterocycles. The van der Waals surface area contributed by atoms with E-state index < -0.39 is 0 Å². The second-order valence-electron chi connectivity index (χ2n) is 7.57. The minimum absolute atomic E-state index is 0.826. The summed E-state index contributed by atoms with van der Waals surface area (Å²) in [5.74, 6) is 6.40. The average molecular weight is 252 g/mol. The van der Waals surface area contributed by atoms with Crippen molar-refractivity contribution in [3.63, 3.8) is 0 Å². The normalized spacial score (nSPS) is 31.3. The fourth-order valence-electron chi connectivity index (χ4n) is 4.26. The van der Waals surface area contributed by atoms with Crippen LogP contribution in [0.15, 0.2) is 0 Å². The molecular weight excluding hydrogens is 216 g/mol. The molecule has 0 saturated heterocycles. The van der Waals surface area contributed by atoms with E-state index in [1.807, 2.05) is 0 Å². The highest BCUT2D eigenvalue weighted by Crippen LogP contribution is 2.43. The van der Waals surface area contributed by atoms with Crippen LogP contribution in [-0.2, 0) is 0 Å². The Morgan fingerprint density at radius 2 is 1.56 bits per heavy atom. The second kappa shape index (κ2) is 6.96. The van der Waals surface area contributed by atoms with Crippen LogP contribution in [0.4, 0.5) is 0 Å². The molecule has 0 bridgehead atoms. The molecule has 6 atom stereocenters. The zero-order valence-corrected chi connectivity index (χ0v) is 13.9. The molecule has 1 saturated carbocycles. The summed E-state index contributed by atoms with van der Waals surface area (Å²) in [5.41, 5.74) is 0. The highest BCUT2D eigenvalue weighted by Gasteiger charge is 2.34. The van der Waals surface area contributed by atoms with Gasteiger partial charge < -0.3 is 0 Å². The van der Waals surface area contributed by atoms with Crippen molar-refractivity contribution in [1.82, 2.24) is 0 Å². The van der Waals surface area contributed by atoms with Gasteiger partial charge in [-0.2, -0.15) is 0 Å². The third-order valence-electron chi connectivity index (χ3n) is 6.18. The molecule has 0 spiro atoms. The Morgan fingerprint density at radius 1 is 0.944 bits per heavy atom. The Hall–Kier alpha value is 0. The van der Waals surface area contributed by atoms with Gasteiger partial charge in [0.05, 0.1) is 0 Å². The van der Waals surface area contributed by atoms with Gasteiger partial charge in [0.15, 0.2) is 0 Å². The smallest absolute Gasteiger partial charge is 0.0360 e.